The number of benzene rings is 1. The summed E-state index contributed by atoms with van der Waals surface area (Å²) in [6.45, 7) is 7.95. The van der Waals surface area contributed by atoms with Gasteiger partial charge in [0.05, 0.1) is 22.3 Å². The van der Waals surface area contributed by atoms with E-state index in [1.54, 1.807) is 0 Å². The first-order valence-electron chi connectivity index (χ1n) is 9.24. The number of carbonyl (C=O) groups is 1. The molecule has 1 aromatic carbocycles. The summed E-state index contributed by atoms with van der Waals surface area (Å²) in [6, 6.07) is 9.92. The van der Waals surface area contributed by atoms with Crippen LogP contribution < -0.4 is 5.73 Å². The number of rotatable bonds is 3. The van der Waals surface area contributed by atoms with Gasteiger partial charge in [-0.2, -0.15) is 0 Å². The van der Waals surface area contributed by atoms with Crippen molar-refractivity contribution >= 4 is 17.0 Å². The van der Waals surface area contributed by atoms with Crippen LogP contribution in [-0.2, 0) is 0 Å². The van der Waals surface area contributed by atoms with Crippen molar-refractivity contribution in [2.45, 2.75) is 27.2 Å². The average molecular weight is 364 g/mol. The lowest BCUT2D eigenvalue weighted by Crippen LogP contribution is -2.34. The van der Waals surface area contributed by atoms with Crippen LogP contribution in [0.2, 0.25) is 0 Å². The SMILES string of the molecule is Cc1ccc(-c2cc(C(=O)N3CCC(C)(CN)C3)c3c(C)noc3n2)cc1. The summed E-state index contributed by atoms with van der Waals surface area (Å²) in [5, 5.41) is 4.72. The van der Waals surface area contributed by atoms with Crippen LogP contribution >= 0.6 is 0 Å². The molecule has 1 saturated heterocycles. The second kappa shape index (κ2) is 6.46. The van der Waals surface area contributed by atoms with Crippen molar-refractivity contribution in [2.24, 2.45) is 11.1 Å². The van der Waals surface area contributed by atoms with Gasteiger partial charge in [-0.15, -0.1) is 0 Å². The lowest BCUT2D eigenvalue weighted by atomic mass is 9.90. The lowest BCUT2D eigenvalue weighted by molar-refractivity contribution is 0.0778. The van der Waals surface area contributed by atoms with E-state index in [1.807, 2.05) is 49.1 Å². The van der Waals surface area contributed by atoms with E-state index in [1.165, 1.54) is 5.56 Å². The Balaban J connectivity index is 1.80. The molecule has 0 aliphatic carbocycles. The maximum absolute atomic E-state index is 13.3. The summed E-state index contributed by atoms with van der Waals surface area (Å²) in [4.78, 5) is 19.8. The third kappa shape index (κ3) is 3.10. The van der Waals surface area contributed by atoms with Crippen molar-refractivity contribution in [3.63, 3.8) is 0 Å². The second-order valence-corrected chi connectivity index (χ2v) is 7.86. The van der Waals surface area contributed by atoms with Crippen LogP contribution in [0, 0.1) is 19.3 Å². The van der Waals surface area contributed by atoms with E-state index in [-0.39, 0.29) is 11.3 Å². The van der Waals surface area contributed by atoms with Crippen molar-refractivity contribution in [1.29, 1.82) is 0 Å². The summed E-state index contributed by atoms with van der Waals surface area (Å²) in [5.74, 6) is -0.0146. The molecule has 6 nitrogen and oxygen atoms in total. The molecule has 6 heteroatoms. The zero-order valence-corrected chi connectivity index (χ0v) is 16.0. The van der Waals surface area contributed by atoms with Crippen LogP contribution in [0.4, 0.5) is 0 Å². The van der Waals surface area contributed by atoms with Crippen molar-refractivity contribution < 1.29 is 9.32 Å². The van der Waals surface area contributed by atoms with Crippen molar-refractivity contribution in [1.82, 2.24) is 15.0 Å². The quantitative estimate of drug-likeness (QED) is 0.770. The van der Waals surface area contributed by atoms with Gasteiger partial charge in [0.15, 0.2) is 0 Å². The maximum atomic E-state index is 13.3. The molecule has 0 radical (unpaired) electrons. The summed E-state index contributed by atoms with van der Waals surface area (Å²) in [6.07, 6.45) is 0.914. The predicted molar refractivity (Wildman–Crippen MR) is 104 cm³/mol. The van der Waals surface area contributed by atoms with Gasteiger partial charge in [0, 0.05) is 18.7 Å². The number of amides is 1. The largest absolute Gasteiger partial charge is 0.338 e. The highest BCUT2D eigenvalue weighted by Crippen LogP contribution is 2.32. The normalized spacial score (nSPS) is 19.8. The molecular weight excluding hydrogens is 340 g/mol. The molecule has 0 spiro atoms. The van der Waals surface area contributed by atoms with E-state index in [0.29, 0.717) is 47.7 Å². The number of carbonyl (C=O) groups excluding carboxylic acids is 1. The highest BCUT2D eigenvalue weighted by Gasteiger charge is 2.36. The Bertz CT molecular complexity index is 1010. The molecule has 1 amide bonds. The predicted octanol–water partition coefficient (Wildman–Crippen LogP) is 3.32. The third-order valence-corrected chi connectivity index (χ3v) is 5.53. The number of hydrogen-bond donors (Lipinski definition) is 1. The van der Waals surface area contributed by atoms with E-state index in [4.69, 9.17) is 10.3 Å². The van der Waals surface area contributed by atoms with Crippen molar-refractivity contribution in [3.8, 4) is 11.3 Å². The van der Waals surface area contributed by atoms with Gasteiger partial charge in [-0.05, 0) is 38.3 Å². The Kier molecular flexibility index (Phi) is 4.23. The number of aromatic nitrogens is 2. The topological polar surface area (TPSA) is 85.2 Å². The fraction of sp³-hybridized carbons (Fsp3) is 0.381. The molecule has 1 aliphatic heterocycles. The minimum absolute atomic E-state index is 0.0146. The number of aryl methyl sites for hydroxylation is 2. The third-order valence-electron chi connectivity index (χ3n) is 5.53. The van der Waals surface area contributed by atoms with Gasteiger partial charge in [-0.3, -0.25) is 4.79 Å². The van der Waals surface area contributed by atoms with E-state index in [0.717, 1.165) is 12.0 Å². The molecule has 0 bridgehead atoms. The van der Waals surface area contributed by atoms with Crippen molar-refractivity contribution in [2.75, 3.05) is 19.6 Å². The molecule has 0 saturated carbocycles. The van der Waals surface area contributed by atoms with Gasteiger partial charge in [-0.25, -0.2) is 4.98 Å². The minimum Gasteiger partial charge on any atom is -0.338 e. The van der Waals surface area contributed by atoms with Gasteiger partial charge < -0.3 is 15.2 Å². The van der Waals surface area contributed by atoms with Crippen molar-refractivity contribution in [3.05, 3.63) is 47.2 Å². The molecular formula is C21H24N4O2. The fourth-order valence-corrected chi connectivity index (χ4v) is 3.67. The molecule has 27 heavy (non-hydrogen) atoms. The highest BCUT2D eigenvalue weighted by atomic mass is 16.5. The Labute approximate surface area is 158 Å². The number of likely N-dealkylation sites (tertiary alicyclic amines) is 1. The number of nitrogens with two attached hydrogens (primary N) is 1. The van der Waals surface area contributed by atoms with Crippen LogP contribution in [0.5, 0.6) is 0 Å². The summed E-state index contributed by atoms with van der Waals surface area (Å²) < 4.78 is 5.40. The first kappa shape index (κ1) is 17.7. The van der Waals surface area contributed by atoms with Gasteiger partial charge in [-0.1, -0.05) is 41.9 Å². The van der Waals surface area contributed by atoms with E-state index in [2.05, 4.69) is 17.1 Å². The molecule has 2 N–H and O–H groups in total. The number of pyridine rings is 1. The number of fused-ring (bicyclic) bond motifs is 1. The first-order chi connectivity index (χ1) is 12.9. The Morgan fingerprint density at radius 3 is 2.70 bits per heavy atom. The average Bonchev–Trinajstić information content (AvgIpc) is 3.25. The molecule has 140 valence electrons. The fourth-order valence-electron chi connectivity index (χ4n) is 3.67. The molecule has 4 rings (SSSR count). The minimum atomic E-state index is -0.0225. The molecule has 3 aromatic rings. The Hall–Kier alpha value is -2.73. The molecule has 1 fully saturated rings. The molecule has 3 heterocycles. The van der Waals surface area contributed by atoms with Crippen LogP contribution in [0.1, 0.15) is 35.0 Å². The lowest BCUT2D eigenvalue weighted by Gasteiger charge is -2.23. The van der Waals surface area contributed by atoms with E-state index >= 15 is 0 Å². The van der Waals surface area contributed by atoms with E-state index in [9.17, 15) is 4.79 Å². The van der Waals surface area contributed by atoms with Gasteiger partial charge >= 0.3 is 0 Å². The number of hydrogen-bond acceptors (Lipinski definition) is 5. The zero-order valence-electron chi connectivity index (χ0n) is 16.0. The summed E-state index contributed by atoms with van der Waals surface area (Å²) in [7, 11) is 0. The monoisotopic (exact) mass is 364 g/mol. The zero-order chi connectivity index (χ0) is 19.2. The molecule has 2 aromatic heterocycles. The maximum Gasteiger partial charge on any atom is 0.259 e. The Morgan fingerprint density at radius 2 is 2.04 bits per heavy atom. The Morgan fingerprint density at radius 1 is 1.30 bits per heavy atom. The molecule has 1 unspecified atom stereocenters. The van der Waals surface area contributed by atoms with Gasteiger partial charge in [0.2, 0.25) is 0 Å². The first-order valence-corrected chi connectivity index (χ1v) is 9.24. The van der Waals surface area contributed by atoms with Gasteiger partial charge in [0.25, 0.3) is 11.6 Å². The standard InChI is InChI=1S/C21H24N4O2/c1-13-4-6-15(7-5-13)17-10-16(18-14(2)24-27-19(18)23-17)20(26)25-9-8-21(3,11-22)12-25/h4-7,10H,8-9,11-12,22H2,1-3H3. The summed E-state index contributed by atoms with van der Waals surface area (Å²) >= 11 is 0. The molecule has 1 atom stereocenters. The van der Waals surface area contributed by atoms with E-state index < -0.39 is 0 Å². The highest BCUT2D eigenvalue weighted by molar-refractivity contribution is 6.07. The van der Waals surface area contributed by atoms with Crippen LogP contribution in [0.15, 0.2) is 34.9 Å². The molecule has 1 aliphatic rings. The second-order valence-electron chi connectivity index (χ2n) is 7.86. The summed E-state index contributed by atoms with van der Waals surface area (Å²) in [5.41, 5.74) is 10.4. The van der Waals surface area contributed by atoms with Crippen LogP contribution in [0.25, 0.3) is 22.4 Å². The number of nitrogens with zero attached hydrogens (tertiary/aromatic N) is 3. The van der Waals surface area contributed by atoms with Gasteiger partial charge in [0.1, 0.15) is 0 Å². The van der Waals surface area contributed by atoms with Crippen LogP contribution in [0.3, 0.4) is 0 Å². The van der Waals surface area contributed by atoms with Crippen LogP contribution in [-0.4, -0.2) is 40.6 Å². The smallest absolute Gasteiger partial charge is 0.259 e.